The number of anilines is 2. The minimum atomic E-state index is -3.25. The molecule has 0 aliphatic carbocycles. The van der Waals surface area contributed by atoms with Gasteiger partial charge in [-0.15, -0.1) is 0 Å². The van der Waals surface area contributed by atoms with Crippen LogP contribution >= 0.6 is 0 Å². The number of nitrogens with zero attached hydrogens (tertiary/aromatic N) is 1. The Morgan fingerprint density at radius 2 is 1.92 bits per heavy atom. The monoisotopic (exact) mass is 374 g/mol. The van der Waals surface area contributed by atoms with Crippen LogP contribution in [0.5, 0.6) is 5.75 Å². The Kier molecular flexibility index (Phi) is 5.18. The Morgan fingerprint density at radius 3 is 2.62 bits per heavy atom. The first-order valence-electron chi connectivity index (χ1n) is 8.46. The molecule has 1 heterocycles. The number of carbonyl (C=O) groups is 1. The topological polar surface area (TPSA) is 75.7 Å². The number of carbonyl (C=O) groups excluding carboxylic acids is 1. The predicted molar refractivity (Wildman–Crippen MR) is 102 cm³/mol. The van der Waals surface area contributed by atoms with Gasteiger partial charge in [0.05, 0.1) is 11.4 Å². The van der Waals surface area contributed by atoms with Crippen molar-refractivity contribution < 1.29 is 17.9 Å². The van der Waals surface area contributed by atoms with Crippen LogP contribution in [0.4, 0.5) is 11.4 Å². The van der Waals surface area contributed by atoms with Crippen LogP contribution in [-0.2, 0) is 14.8 Å². The second kappa shape index (κ2) is 7.37. The molecule has 3 rings (SSSR count). The summed E-state index contributed by atoms with van der Waals surface area (Å²) >= 11 is 0. The smallest absolute Gasteiger partial charge is 0.262 e. The van der Waals surface area contributed by atoms with Gasteiger partial charge in [0.1, 0.15) is 5.75 Å². The van der Waals surface area contributed by atoms with Crippen LogP contribution < -0.4 is 14.4 Å². The number of para-hydroxylation sites is 1. The van der Waals surface area contributed by atoms with E-state index >= 15 is 0 Å². The van der Waals surface area contributed by atoms with E-state index in [2.05, 4.69) is 5.32 Å². The van der Waals surface area contributed by atoms with Crippen LogP contribution in [-0.4, -0.2) is 33.2 Å². The maximum absolute atomic E-state index is 12.2. The Labute approximate surface area is 153 Å². The molecule has 1 fully saturated rings. The van der Waals surface area contributed by atoms with E-state index in [0.717, 1.165) is 11.1 Å². The molecule has 1 aliphatic heterocycles. The summed E-state index contributed by atoms with van der Waals surface area (Å²) < 4.78 is 31.1. The van der Waals surface area contributed by atoms with Gasteiger partial charge in [0, 0.05) is 12.2 Å². The SMILES string of the molecule is Cc1ccc(N2CCCS2(=O)=O)cc1NC(=O)COc1ccccc1C. The molecule has 138 valence electrons. The van der Waals surface area contributed by atoms with Gasteiger partial charge in [-0.05, 0) is 49.6 Å². The lowest BCUT2D eigenvalue weighted by Gasteiger charge is -2.19. The second-order valence-electron chi connectivity index (χ2n) is 6.34. The number of hydrogen-bond acceptors (Lipinski definition) is 4. The minimum absolute atomic E-state index is 0.115. The molecule has 0 aromatic heterocycles. The first-order valence-corrected chi connectivity index (χ1v) is 10.1. The van der Waals surface area contributed by atoms with Crippen molar-refractivity contribution in [2.24, 2.45) is 0 Å². The van der Waals surface area contributed by atoms with Crippen molar-refractivity contribution in [2.75, 3.05) is 28.5 Å². The van der Waals surface area contributed by atoms with Crippen molar-refractivity contribution in [1.82, 2.24) is 0 Å². The van der Waals surface area contributed by atoms with Crippen LogP contribution in [0.25, 0.3) is 0 Å². The maximum atomic E-state index is 12.2. The normalized spacial score (nSPS) is 15.7. The van der Waals surface area contributed by atoms with Crippen molar-refractivity contribution in [3.63, 3.8) is 0 Å². The first kappa shape index (κ1) is 18.3. The summed E-state index contributed by atoms with van der Waals surface area (Å²) in [5.74, 6) is 0.529. The minimum Gasteiger partial charge on any atom is -0.483 e. The van der Waals surface area contributed by atoms with E-state index in [1.807, 2.05) is 38.1 Å². The summed E-state index contributed by atoms with van der Waals surface area (Å²) in [5.41, 5.74) is 2.97. The van der Waals surface area contributed by atoms with E-state index in [0.29, 0.717) is 30.1 Å². The van der Waals surface area contributed by atoms with Crippen LogP contribution in [0.1, 0.15) is 17.5 Å². The van der Waals surface area contributed by atoms with Gasteiger partial charge in [0.25, 0.3) is 5.91 Å². The molecule has 26 heavy (non-hydrogen) atoms. The molecule has 7 heteroatoms. The van der Waals surface area contributed by atoms with E-state index < -0.39 is 10.0 Å². The molecule has 1 N–H and O–H groups in total. The molecule has 2 aromatic rings. The summed E-state index contributed by atoms with van der Waals surface area (Å²) in [7, 11) is -3.25. The van der Waals surface area contributed by atoms with Crippen LogP contribution in [0.15, 0.2) is 42.5 Å². The number of amides is 1. The summed E-state index contributed by atoms with van der Waals surface area (Å²) in [6.07, 6.45) is 0.613. The molecule has 0 unspecified atom stereocenters. The molecule has 6 nitrogen and oxygen atoms in total. The first-order chi connectivity index (χ1) is 12.4. The lowest BCUT2D eigenvalue weighted by atomic mass is 10.1. The Morgan fingerprint density at radius 1 is 1.15 bits per heavy atom. The third-order valence-corrected chi connectivity index (χ3v) is 6.20. The second-order valence-corrected chi connectivity index (χ2v) is 8.36. The van der Waals surface area contributed by atoms with E-state index in [4.69, 9.17) is 4.74 Å². The van der Waals surface area contributed by atoms with E-state index in [1.54, 1.807) is 18.2 Å². The van der Waals surface area contributed by atoms with Crippen LogP contribution in [0, 0.1) is 13.8 Å². The number of sulfonamides is 1. The third-order valence-electron chi connectivity index (χ3n) is 4.33. The summed E-state index contributed by atoms with van der Waals surface area (Å²) in [6, 6.07) is 12.8. The van der Waals surface area contributed by atoms with Crippen molar-refractivity contribution >= 4 is 27.3 Å². The van der Waals surface area contributed by atoms with Crippen LogP contribution in [0.3, 0.4) is 0 Å². The van der Waals surface area contributed by atoms with Gasteiger partial charge < -0.3 is 10.1 Å². The fourth-order valence-electron chi connectivity index (χ4n) is 2.88. The average Bonchev–Trinajstić information content (AvgIpc) is 2.95. The lowest BCUT2D eigenvalue weighted by molar-refractivity contribution is -0.118. The van der Waals surface area contributed by atoms with Gasteiger partial charge in [-0.3, -0.25) is 9.10 Å². The summed E-state index contributed by atoms with van der Waals surface area (Å²) in [4.78, 5) is 12.2. The molecular weight excluding hydrogens is 352 g/mol. The highest BCUT2D eigenvalue weighted by atomic mass is 32.2. The fraction of sp³-hybridized carbons (Fsp3) is 0.316. The molecule has 1 saturated heterocycles. The quantitative estimate of drug-likeness (QED) is 0.873. The zero-order valence-electron chi connectivity index (χ0n) is 14.9. The number of ether oxygens (including phenoxy) is 1. The molecule has 1 amide bonds. The number of aryl methyl sites for hydroxylation is 2. The zero-order valence-corrected chi connectivity index (χ0v) is 15.7. The van der Waals surface area contributed by atoms with Gasteiger partial charge in [0.15, 0.2) is 6.61 Å². The van der Waals surface area contributed by atoms with E-state index in [-0.39, 0.29) is 18.3 Å². The van der Waals surface area contributed by atoms with Crippen molar-refractivity contribution in [3.05, 3.63) is 53.6 Å². The van der Waals surface area contributed by atoms with Gasteiger partial charge in [0.2, 0.25) is 10.0 Å². The van der Waals surface area contributed by atoms with E-state index in [1.165, 1.54) is 4.31 Å². The molecule has 0 saturated carbocycles. The zero-order chi connectivity index (χ0) is 18.7. The molecule has 0 bridgehead atoms. The highest BCUT2D eigenvalue weighted by Gasteiger charge is 2.28. The number of nitrogens with one attached hydrogen (secondary N) is 1. The number of rotatable bonds is 5. The summed E-state index contributed by atoms with van der Waals surface area (Å²) in [5, 5.41) is 2.81. The fourth-order valence-corrected chi connectivity index (χ4v) is 4.43. The van der Waals surface area contributed by atoms with Crippen molar-refractivity contribution in [1.29, 1.82) is 0 Å². The van der Waals surface area contributed by atoms with Crippen LogP contribution in [0.2, 0.25) is 0 Å². The largest absolute Gasteiger partial charge is 0.483 e. The molecule has 1 aliphatic rings. The third kappa shape index (κ3) is 3.99. The highest BCUT2D eigenvalue weighted by molar-refractivity contribution is 7.93. The van der Waals surface area contributed by atoms with E-state index in [9.17, 15) is 13.2 Å². The van der Waals surface area contributed by atoms with Gasteiger partial charge in [-0.25, -0.2) is 8.42 Å². The lowest BCUT2D eigenvalue weighted by Crippen LogP contribution is -2.25. The summed E-state index contributed by atoms with van der Waals surface area (Å²) in [6.45, 7) is 4.13. The standard InChI is InChI=1S/C19H22N2O4S/c1-14-8-9-16(21-10-5-11-26(21,23)24)12-17(14)20-19(22)13-25-18-7-4-3-6-15(18)2/h3-4,6-9,12H,5,10-11,13H2,1-2H3,(H,20,22). The van der Waals surface area contributed by atoms with Crippen molar-refractivity contribution in [2.45, 2.75) is 20.3 Å². The Hall–Kier alpha value is -2.54. The highest BCUT2D eigenvalue weighted by Crippen LogP contribution is 2.28. The van der Waals surface area contributed by atoms with Gasteiger partial charge >= 0.3 is 0 Å². The van der Waals surface area contributed by atoms with Gasteiger partial charge in [-0.1, -0.05) is 24.3 Å². The average molecular weight is 374 g/mol. The maximum Gasteiger partial charge on any atom is 0.262 e. The molecule has 2 aromatic carbocycles. The Balaban J connectivity index is 1.70. The molecule has 0 atom stereocenters. The number of benzene rings is 2. The molecule has 0 radical (unpaired) electrons. The molecule has 0 spiro atoms. The number of hydrogen-bond donors (Lipinski definition) is 1. The predicted octanol–water partition coefficient (Wildman–Crippen LogP) is 2.86. The Bertz CT molecular complexity index is 925. The van der Waals surface area contributed by atoms with Crippen molar-refractivity contribution in [3.8, 4) is 5.75 Å². The van der Waals surface area contributed by atoms with Gasteiger partial charge in [-0.2, -0.15) is 0 Å². The molecular formula is C19H22N2O4S.